The monoisotopic (exact) mass is 204 g/mol. The molecule has 0 spiro atoms. The number of carbonyl (C=O) groups excluding carboxylic acids is 1. The van der Waals surface area contributed by atoms with E-state index in [0.717, 1.165) is 0 Å². The molecule has 14 heavy (non-hydrogen) atoms. The highest BCUT2D eigenvalue weighted by molar-refractivity contribution is 5.71. The summed E-state index contributed by atoms with van der Waals surface area (Å²) in [5.74, 6) is -3.38. The predicted octanol–water partition coefficient (Wildman–Crippen LogP) is 1.27. The molecule has 0 aliphatic carbocycles. The summed E-state index contributed by atoms with van der Waals surface area (Å²) >= 11 is 0. The third-order valence-corrected chi connectivity index (χ3v) is 1.54. The van der Waals surface area contributed by atoms with E-state index in [2.05, 4.69) is 5.32 Å². The Morgan fingerprint density at radius 2 is 1.79 bits per heavy atom. The summed E-state index contributed by atoms with van der Waals surface area (Å²) in [6, 6.07) is 0.211. The second kappa shape index (κ2) is 3.99. The molecular weight excluding hydrogens is 197 g/mol. The number of nitrogens with two attached hydrogens (primary N) is 1. The molecule has 0 aliphatic heterocycles. The van der Waals surface area contributed by atoms with Crippen LogP contribution in [0.3, 0.4) is 0 Å². The number of carbonyl (C=O) groups is 1. The number of primary amides is 1. The van der Waals surface area contributed by atoms with E-state index >= 15 is 0 Å². The molecule has 0 radical (unpaired) electrons. The Bertz CT molecular complexity index is 368. The molecule has 1 aromatic carbocycles. The first-order valence-electron chi connectivity index (χ1n) is 3.67. The molecule has 3 N–H and O–H groups in total. The first kappa shape index (κ1) is 10.4. The molecule has 0 unspecified atom stereocenters. The summed E-state index contributed by atoms with van der Waals surface area (Å²) < 4.78 is 37.9. The smallest absolute Gasteiger partial charge is 0.312 e. The molecule has 0 heterocycles. The largest absolute Gasteiger partial charge is 0.352 e. The van der Waals surface area contributed by atoms with Gasteiger partial charge in [0.2, 0.25) is 0 Å². The fraction of sp³-hybridized carbons (Fsp3) is 0.125. The Labute approximate surface area is 77.7 Å². The van der Waals surface area contributed by atoms with Crippen molar-refractivity contribution >= 4 is 6.03 Å². The molecule has 1 rings (SSSR count). The lowest BCUT2D eigenvalue weighted by atomic mass is 10.2. The van der Waals surface area contributed by atoms with Crippen LogP contribution in [0, 0.1) is 17.5 Å². The lowest BCUT2D eigenvalue weighted by Gasteiger charge is -2.04. The molecule has 0 saturated heterocycles. The summed E-state index contributed by atoms with van der Waals surface area (Å²) in [7, 11) is 0. The minimum absolute atomic E-state index is 0.164. The molecule has 0 bridgehead atoms. The number of rotatable bonds is 2. The quantitative estimate of drug-likeness (QED) is 0.700. The summed E-state index contributed by atoms with van der Waals surface area (Å²) in [5, 5.41) is 2.06. The summed E-state index contributed by atoms with van der Waals surface area (Å²) in [4.78, 5) is 10.3. The van der Waals surface area contributed by atoms with Gasteiger partial charge in [0.05, 0.1) is 0 Å². The van der Waals surface area contributed by atoms with Gasteiger partial charge >= 0.3 is 6.03 Å². The maximum atomic E-state index is 12.9. The SMILES string of the molecule is NC(=O)NCc1cc(F)c(F)cc1F. The highest BCUT2D eigenvalue weighted by atomic mass is 19.2. The highest BCUT2D eigenvalue weighted by Gasteiger charge is 2.09. The first-order chi connectivity index (χ1) is 6.50. The number of urea groups is 1. The van der Waals surface area contributed by atoms with Crippen molar-refractivity contribution in [2.45, 2.75) is 6.54 Å². The van der Waals surface area contributed by atoms with Crippen LogP contribution < -0.4 is 11.1 Å². The number of hydrogen-bond donors (Lipinski definition) is 2. The van der Waals surface area contributed by atoms with Gasteiger partial charge in [-0.1, -0.05) is 0 Å². The van der Waals surface area contributed by atoms with E-state index in [-0.39, 0.29) is 12.1 Å². The normalized spacial score (nSPS) is 9.93. The highest BCUT2D eigenvalue weighted by Crippen LogP contribution is 2.13. The van der Waals surface area contributed by atoms with Gasteiger partial charge < -0.3 is 11.1 Å². The van der Waals surface area contributed by atoms with Crippen molar-refractivity contribution in [3.63, 3.8) is 0 Å². The molecule has 0 aromatic heterocycles. The topological polar surface area (TPSA) is 55.1 Å². The van der Waals surface area contributed by atoms with Gasteiger partial charge in [-0.15, -0.1) is 0 Å². The Kier molecular flexibility index (Phi) is 2.95. The standard InChI is InChI=1S/C8H7F3N2O/c9-5-2-7(11)6(10)1-4(5)3-13-8(12)14/h1-2H,3H2,(H3,12,13,14). The van der Waals surface area contributed by atoms with Crippen molar-refractivity contribution in [3.05, 3.63) is 35.1 Å². The molecule has 1 aromatic rings. The van der Waals surface area contributed by atoms with E-state index in [1.807, 2.05) is 0 Å². The van der Waals surface area contributed by atoms with Gasteiger partial charge in [0.25, 0.3) is 0 Å². The molecule has 3 nitrogen and oxygen atoms in total. The van der Waals surface area contributed by atoms with Crippen molar-refractivity contribution in [1.29, 1.82) is 0 Å². The maximum Gasteiger partial charge on any atom is 0.312 e. The van der Waals surface area contributed by atoms with Gasteiger partial charge in [-0.05, 0) is 6.07 Å². The first-order valence-corrected chi connectivity index (χ1v) is 3.67. The zero-order valence-corrected chi connectivity index (χ0v) is 6.98. The van der Waals surface area contributed by atoms with E-state index in [0.29, 0.717) is 12.1 Å². The van der Waals surface area contributed by atoms with E-state index in [1.165, 1.54) is 0 Å². The van der Waals surface area contributed by atoms with Crippen molar-refractivity contribution in [3.8, 4) is 0 Å². The number of amides is 2. The molecule has 0 fully saturated rings. The molecule has 2 amide bonds. The minimum atomic E-state index is -1.27. The molecule has 0 aliphatic rings. The van der Waals surface area contributed by atoms with Gasteiger partial charge in [-0.3, -0.25) is 0 Å². The van der Waals surface area contributed by atoms with Crippen molar-refractivity contribution in [2.24, 2.45) is 5.73 Å². The third-order valence-electron chi connectivity index (χ3n) is 1.54. The van der Waals surface area contributed by atoms with Gasteiger partial charge in [0.1, 0.15) is 5.82 Å². The van der Waals surface area contributed by atoms with Crippen molar-refractivity contribution in [1.82, 2.24) is 5.32 Å². The third kappa shape index (κ3) is 2.38. The van der Waals surface area contributed by atoms with Crippen LogP contribution in [-0.4, -0.2) is 6.03 Å². The van der Waals surface area contributed by atoms with Crippen LogP contribution in [0.2, 0.25) is 0 Å². The number of benzene rings is 1. The fourth-order valence-corrected chi connectivity index (χ4v) is 0.882. The Balaban J connectivity index is 2.87. The van der Waals surface area contributed by atoms with E-state index < -0.39 is 23.5 Å². The summed E-state index contributed by atoms with van der Waals surface area (Å²) in [6.07, 6.45) is 0. The average molecular weight is 204 g/mol. The number of hydrogen-bond acceptors (Lipinski definition) is 1. The van der Waals surface area contributed by atoms with Crippen LogP contribution in [0.1, 0.15) is 5.56 Å². The van der Waals surface area contributed by atoms with Crippen molar-refractivity contribution in [2.75, 3.05) is 0 Å². The van der Waals surface area contributed by atoms with E-state index in [9.17, 15) is 18.0 Å². The van der Waals surface area contributed by atoms with Crippen molar-refractivity contribution < 1.29 is 18.0 Å². The minimum Gasteiger partial charge on any atom is -0.352 e. The van der Waals surface area contributed by atoms with Crippen LogP contribution in [0.5, 0.6) is 0 Å². The Morgan fingerprint density at radius 1 is 1.21 bits per heavy atom. The van der Waals surface area contributed by atoms with Gasteiger partial charge in [0, 0.05) is 18.2 Å². The molecular formula is C8H7F3N2O. The zero-order valence-electron chi connectivity index (χ0n) is 6.98. The number of nitrogens with one attached hydrogen (secondary N) is 1. The zero-order chi connectivity index (χ0) is 10.7. The predicted molar refractivity (Wildman–Crippen MR) is 42.7 cm³/mol. The van der Waals surface area contributed by atoms with E-state index in [1.54, 1.807) is 0 Å². The van der Waals surface area contributed by atoms with Crippen LogP contribution in [-0.2, 0) is 6.54 Å². The lowest BCUT2D eigenvalue weighted by Crippen LogP contribution is -2.29. The average Bonchev–Trinajstić information content (AvgIpc) is 2.09. The van der Waals surface area contributed by atoms with Crippen LogP contribution in [0.25, 0.3) is 0 Å². The molecule has 0 atom stereocenters. The van der Waals surface area contributed by atoms with Crippen LogP contribution in [0.4, 0.5) is 18.0 Å². The van der Waals surface area contributed by atoms with Crippen LogP contribution >= 0.6 is 0 Å². The fourth-order valence-electron chi connectivity index (χ4n) is 0.882. The van der Waals surface area contributed by atoms with Gasteiger partial charge in [-0.25, -0.2) is 18.0 Å². The van der Waals surface area contributed by atoms with E-state index in [4.69, 9.17) is 5.73 Å². The van der Waals surface area contributed by atoms with Crippen LogP contribution in [0.15, 0.2) is 12.1 Å². The molecule has 0 saturated carbocycles. The molecule has 6 heteroatoms. The molecule has 76 valence electrons. The second-order valence-corrected chi connectivity index (χ2v) is 2.58. The Hall–Kier alpha value is -1.72. The Morgan fingerprint density at radius 3 is 2.36 bits per heavy atom. The maximum absolute atomic E-state index is 12.9. The second-order valence-electron chi connectivity index (χ2n) is 2.58. The van der Waals surface area contributed by atoms with Gasteiger partial charge in [-0.2, -0.15) is 0 Å². The van der Waals surface area contributed by atoms with Gasteiger partial charge in [0.15, 0.2) is 11.6 Å². The summed E-state index contributed by atoms with van der Waals surface area (Å²) in [5.41, 5.74) is 4.55. The number of halogens is 3. The lowest BCUT2D eigenvalue weighted by molar-refractivity contribution is 0.248. The summed E-state index contributed by atoms with van der Waals surface area (Å²) in [6.45, 7) is -0.279.